The molecule has 2 atom stereocenters. The van der Waals surface area contributed by atoms with E-state index >= 15 is 0 Å². The smallest absolute Gasteiger partial charge is 0.429 e. The van der Waals surface area contributed by atoms with E-state index < -0.39 is 30.3 Å². The number of carboxylic acid groups (broad SMARTS) is 1. The molecule has 0 bridgehead atoms. The molecule has 0 aliphatic carbocycles. The molecule has 0 unspecified atom stereocenters. The zero-order valence-corrected chi connectivity index (χ0v) is 19.3. The number of nitrogen functional groups attached to an aromatic ring is 1. The highest BCUT2D eigenvalue weighted by atomic mass is 19.4. The fourth-order valence-corrected chi connectivity index (χ4v) is 3.70. The van der Waals surface area contributed by atoms with Gasteiger partial charge >= 0.3 is 18.2 Å². The van der Waals surface area contributed by atoms with Crippen molar-refractivity contribution in [2.24, 2.45) is 5.73 Å². The highest BCUT2D eigenvalue weighted by Gasteiger charge is 2.45. The van der Waals surface area contributed by atoms with Crippen LogP contribution in [0.3, 0.4) is 0 Å². The first-order valence-electron chi connectivity index (χ1n) is 11.1. The van der Waals surface area contributed by atoms with E-state index in [2.05, 4.69) is 15.0 Å². The average Bonchev–Trinajstić information content (AvgIpc) is 2.87. The summed E-state index contributed by atoms with van der Waals surface area (Å²) in [5.41, 5.74) is 13.2. The highest BCUT2D eigenvalue weighted by molar-refractivity contribution is 5.73. The first-order chi connectivity index (χ1) is 17.6. The number of aliphatic carboxylic acids is 1. The fraction of sp³-hybridized carbons (Fsp3) is 0.154. The van der Waals surface area contributed by atoms with Gasteiger partial charge in [0, 0.05) is 11.1 Å². The van der Waals surface area contributed by atoms with Gasteiger partial charge in [0.25, 0.3) is 0 Å². The monoisotopic (exact) mass is 509 g/mol. The molecular weight excluding hydrogens is 487 g/mol. The molecule has 0 saturated carbocycles. The van der Waals surface area contributed by atoms with Gasteiger partial charge in [-0.05, 0) is 23.1 Å². The molecule has 4 aromatic rings. The maximum Gasteiger partial charge on any atom is 0.429 e. The zero-order valence-electron chi connectivity index (χ0n) is 19.3. The van der Waals surface area contributed by atoms with E-state index in [4.69, 9.17) is 21.3 Å². The topological polar surface area (TPSA) is 137 Å². The first-order valence-corrected chi connectivity index (χ1v) is 11.1. The van der Waals surface area contributed by atoms with Crippen molar-refractivity contribution >= 4 is 11.9 Å². The molecular formula is C26H22F3N5O3. The van der Waals surface area contributed by atoms with Gasteiger partial charge in [0.2, 0.25) is 12.1 Å². The lowest BCUT2D eigenvalue weighted by molar-refractivity contribution is -0.199. The van der Waals surface area contributed by atoms with Gasteiger partial charge in [0.1, 0.15) is 6.04 Å². The normalized spacial score (nSPS) is 13.1. The molecule has 1 aromatic heterocycles. The molecule has 0 saturated heterocycles. The number of nitrogens with zero attached hydrogens (tertiary/aromatic N) is 3. The lowest BCUT2D eigenvalue weighted by Crippen LogP contribution is -2.32. The van der Waals surface area contributed by atoms with E-state index in [9.17, 15) is 18.0 Å². The third-order valence-electron chi connectivity index (χ3n) is 5.47. The van der Waals surface area contributed by atoms with Crippen LogP contribution in [0.15, 0.2) is 78.9 Å². The lowest BCUT2D eigenvalue weighted by atomic mass is 9.96. The van der Waals surface area contributed by atoms with Crippen LogP contribution in [0.25, 0.3) is 22.5 Å². The molecule has 0 aliphatic rings. The third-order valence-corrected chi connectivity index (χ3v) is 5.47. The second-order valence-electron chi connectivity index (χ2n) is 8.14. The third kappa shape index (κ3) is 6.19. The molecule has 37 heavy (non-hydrogen) atoms. The van der Waals surface area contributed by atoms with Gasteiger partial charge in [0.15, 0.2) is 5.82 Å². The Morgan fingerprint density at radius 2 is 1.54 bits per heavy atom. The Morgan fingerprint density at radius 1 is 0.892 bits per heavy atom. The molecule has 3 aromatic carbocycles. The summed E-state index contributed by atoms with van der Waals surface area (Å²) in [6.45, 7) is 0. The number of nitrogens with two attached hydrogens (primary N) is 2. The van der Waals surface area contributed by atoms with Crippen molar-refractivity contribution in [1.29, 1.82) is 0 Å². The molecule has 190 valence electrons. The summed E-state index contributed by atoms with van der Waals surface area (Å²) >= 11 is 0. The van der Waals surface area contributed by atoms with Gasteiger partial charge in [-0.2, -0.15) is 28.1 Å². The average molecular weight is 509 g/mol. The quantitative estimate of drug-likeness (QED) is 0.317. The van der Waals surface area contributed by atoms with E-state index in [1.54, 1.807) is 66.7 Å². The molecule has 1 heterocycles. The fourth-order valence-electron chi connectivity index (χ4n) is 3.70. The van der Waals surface area contributed by atoms with Crippen LogP contribution >= 0.6 is 0 Å². The Kier molecular flexibility index (Phi) is 7.35. The number of hydrogen-bond acceptors (Lipinski definition) is 7. The number of anilines is 1. The number of rotatable bonds is 8. The minimum Gasteiger partial charge on any atom is -0.480 e. The summed E-state index contributed by atoms with van der Waals surface area (Å²) in [6.07, 6.45) is -7.08. The van der Waals surface area contributed by atoms with Gasteiger partial charge in [0.05, 0.1) is 0 Å². The number of halogens is 3. The van der Waals surface area contributed by atoms with Crippen LogP contribution in [-0.4, -0.2) is 38.2 Å². The largest absolute Gasteiger partial charge is 0.480 e. The van der Waals surface area contributed by atoms with E-state index in [0.29, 0.717) is 22.3 Å². The Labute approximate surface area is 209 Å². The lowest BCUT2D eigenvalue weighted by Gasteiger charge is -2.23. The second-order valence-corrected chi connectivity index (χ2v) is 8.14. The second kappa shape index (κ2) is 10.6. The van der Waals surface area contributed by atoms with Crippen molar-refractivity contribution < 1.29 is 27.8 Å². The SMILES string of the molecule is Nc1nc(O[C@@H](c2ccccc2-c2ccccc2)C(F)(F)F)nc(-c2ccc(C[C@H](N)C(=O)O)cc2)n1. The maximum atomic E-state index is 14.2. The minimum absolute atomic E-state index is 0.00569. The summed E-state index contributed by atoms with van der Waals surface area (Å²) in [6, 6.07) is 19.4. The van der Waals surface area contributed by atoms with Crippen LogP contribution in [0.2, 0.25) is 0 Å². The van der Waals surface area contributed by atoms with Crippen molar-refractivity contribution in [3.05, 3.63) is 90.0 Å². The van der Waals surface area contributed by atoms with Crippen LogP contribution < -0.4 is 16.2 Å². The van der Waals surface area contributed by atoms with Crippen LogP contribution in [0.1, 0.15) is 17.2 Å². The van der Waals surface area contributed by atoms with Crippen LogP contribution in [0, 0.1) is 0 Å². The van der Waals surface area contributed by atoms with Gasteiger partial charge in [-0.15, -0.1) is 0 Å². The van der Waals surface area contributed by atoms with E-state index in [-0.39, 0.29) is 23.8 Å². The summed E-state index contributed by atoms with van der Waals surface area (Å²) in [4.78, 5) is 22.8. The van der Waals surface area contributed by atoms with Gasteiger partial charge < -0.3 is 21.3 Å². The minimum atomic E-state index is -4.79. The molecule has 11 heteroatoms. The molecule has 0 fully saturated rings. The molecule has 0 radical (unpaired) electrons. The summed E-state index contributed by atoms with van der Waals surface area (Å²) in [7, 11) is 0. The number of carbonyl (C=O) groups is 1. The number of aromatic nitrogens is 3. The summed E-state index contributed by atoms with van der Waals surface area (Å²) < 4.78 is 48.0. The standard InChI is InChI=1S/C26H22F3N5O3/c27-26(28,29)21(19-9-5-4-8-18(19)16-6-2-1-3-7-16)37-25-33-22(32-24(31)34-25)17-12-10-15(11-13-17)14-20(30)23(35)36/h1-13,20-21H,14,30H2,(H,35,36)(H2,31,32,33,34)/t20-,21-/m0/s1. The summed E-state index contributed by atoms with van der Waals surface area (Å²) in [5, 5.41) is 8.97. The van der Waals surface area contributed by atoms with Gasteiger partial charge in [-0.3, -0.25) is 4.79 Å². The summed E-state index contributed by atoms with van der Waals surface area (Å²) in [5.74, 6) is -1.47. The Hall–Kier alpha value is -4.51. The van der Waals surface area contributed by atoms with Crippen molar-refractivity contribution in [2.75, 3.05) is 5.73 Å². The Balaban J connectivity index is 1.66. The number of benzene rings is 3. The van der Waals surface area contributed by atoms with Gasteiger partial charge in [-0.25, -0.2) is 0 Å². The molecule has 0 amide bonds. The predicted molar refractivity (Wildman–Crippen MR) is 130 cm³/mol. The number of hydrogen-bond donors (Lipinski definition) is 3. The van der Waals surface area contributed by atoms with Crippen LogP contribution in [0.4, 0.5) is 19.1 Å². The zero-order chi connectivity index (χ0) is 26.6. The maximum absolute atomic E-state index is 14.2. The van der Waals surface area contributed by atoms with Gasteiger partial charge in [-0.1, -0.05) is 78.9 Å². The van der Waals surface area contributed by atoms with E-state index in [0.717, 1.165) is 0 Å². The molecule has 8 nitrogen and oxygen atoms in total. The number of ether oxygens (including phenoxy) is 1. The Bertz CT molecular complexity index is 1380. The molecule has 5 N–H and O–H groups in total. The first kappa shape index (κ1) is 25.6. The Morgan fingerprint density at radius 3 is 2.19 bits per heavy atom. The molecule has 0 spiro atoms. The van der Waals surface area contributed by atoms with Crippen molar-refractivity contribution in [3.63, 3.8) is 0 Å². The van der Waals surface area contributed by atoms with Crippen molar-refractivity contribution in [1.82, 2.24) is 15.0 Å². The van der Waals surface area contributed by atoms with E-state index in [1.165, 1.54) is 12.1 Å². The highest BCUT2D eigenvalue weighted by Crippen LogP contribution is 2.40. The molecule has 0 aliphatic heterocycles. The van der Waals surface area contributed by atoms with Crippen molar-refractivity contribution in [3.8, 4) is 28.5 Å². The predicted octanol–water partition coefficient (Wildman–Crippen LogP) is 4.42. The number of alkyl halides is 3. The van der Waals surface area contributed by atoms with Crippen LogP contribution in [-0.2, 0) is 11.2 Å². The van der Waals surface area contributed by atoms with E-state index in [1.807, 2.05) is 0 Å². The number of carboxylic acids is 1. The van der Waals surface area contributed by atoms with Crippen LogP contribution in [0.5, 0.6) is 6.01 Å². The molecule has 4 rings (SSSR count). The van der Waals surface area contributed by atoms with Crippen molar-refractivity contribution in [2.45, 2.75) is 24.7 Å².